The maximum Gasteiger partial charge on any atom is 0.285 e. The monoisotopic (exact) mass is 380 g/mol. The molecule has 1 aliphatic rings. The number of amides is 1. The van der Waals surface area contributed by atoms with E-state index in [0.717, 1.165) is 11.3 Å². The van der Waals surface area contributed by atoms with Gasteiger partial charge in [-0.1, -0.05) is 59.2 Å². The van der Waals surface area contributed by atoms with Gasteiger partial charge in [-0.2, -0.15) is 0 Å². The van der Waals surface area contributed by atoms with E-state index >= 15 is 0 Å². The summed E-state index contributed by atoms with van der Waals surface area (Å²) in [6, 6.07) is 14.5. The Bertz CT molecular complexity index is 809. The van der Waals surface area contributed by atoms with Gasteiger partial charge in [-0.15, -0.1) is 0 Å². The minimum Gasteiger partial charge on any atom is -0.290 e. The fourth-order valence-electron chi connectivity index (χ4n) is 1.97. The van der Waals surface area contributed by atoms with Crippen molar-refractivity contribution in [3.8, 4) is 0 Å². The smallest absolute Gasteiger partial charge is 0.285 e. The summed E-state index contributed by atoms with van der Waals surface area (Å²) in [6.07, 6.45) is 1.71. The Labute approximate surface area is 153 Å². The number of halogens is 2. The Kier molecular flexibility index (Phi) is 4.92. The van der Waals surface area contributed by atoms with Crippen molar-refractivity contribution in [1.29, 1.82) is 0 Å². The molecule has 3 rings (SSSR count). The molecule has 1 fully saturated rings. The number of nitrogens with zero attached hydrogens (tertiary/aromatic N) is 1. The Morgan fingerprint density at radius 2 is 1.87 bits per heavy atom. The van der Waals surface area contributed by atoms with Gasteiger partial charge in [0, 0.05) is 10.0 Å². The van der Waals surface area contributed by atoms with Crippen LogP contribution in [0.5, 0.6) is 0 Å². The molecule has 1 amide bonds. The number of thiocarbonyl (C=S) groups is 1. The zero-order chi connectivity index (χ0) is 16.4. The summed E-state index contributed by atoms with van der Waals surface area (Å²) in [5.41, 5.74) is 4.51. The third-order valence-corrected chi connectivity index (χ3v) is 4.92. The van der Waals surface area contributed by atoms with E-state index in [1.165, 1.54) is 16.8 Å². The molecule has 23 heavy (non-hydrogen) atoms. The molecule has 0 spiro atoms. The maximum absolute atomic E-state index is 12.5. The number of nitrogens with one attached hydrogen (secondary N) is 1. The van der Waals surface area contributed by atoms with Crippen molar-refractivity contribution in [1.82, 2.24) is 5.01 Å². The second-order valence-electron chi connectivity index (χ2n) is 4.66. The normalized spacial score (nSPS) is 16.3. The maximum atomic E-state index is 12.5. The number of carbonyl (C=O) groups excluding carboxylic acids is 1. The molecule has 1 saturated heterocycles. The van der Waals surface area contributed by atoms with Crippen LogP contribution in [0.4, 0.5) is 5.69 Å². The van der Waals surface area contributed by atoms with Crippen molar-refractivity contribution < 1.29 is 4.79 Å². The fraction of sp³-hybridized carbons (Fsp3) is 0. The van der Waals surface area contributed by atoms with Gasteiger partial charge in [0.1, 0.15) is 0 Å². The van der Waals surface area contributed by atoms with E-state index in [0.29, 0.717) is 19.3 Å². The topological polar surface area (TPSA) is 32.3 Å². The number of carbonyl (C=O) groups is 1. The van der Waals surface area contributed by atoms with E-state index in [4.69, 9.17) is 35.4 Å². The fourth-order valence-corrected chi connectivity index (χ4v) is 3.60. The standard InChI is InChI=1S/C16H10Cl2N2OS2/c17-11-7-6-10(13(18)9-11)8-14-15(21)20(16(22)23-14)19-12-4-2-1-3-5-12/h1-9,19H/b14-8-. The van der Waals surface area contributed by atoms with Crippen LogP contribution in [0, 0.1) is 0 Å². The van der Waals surface area contributed by atoms with Gasteiger partial charge in [0.25, 0.3) is 5.91 Å². The summed E-state index contributed by atoms with van der Waals surface area (Å²) in [4.78, 5) is 13.0. The zero-order valence-corrected chi connectivity index (χ0v) is 14.8. The summed E-state index contributed by atoms with van der Waals surface area (Å²) in [6.45, 7) is 0. The second kappa shape index (κ2) is 6.93. The first-order chi connectivity index (χ1) is 11.0. The summed E-state index contributed by atoms with van der Waals surface area (Å²) in [5.74, 6) is -0.213. The van der Waals surface area contributed by atoms with Gasteiger partial charge in [0.05, 0.1) is 10.6 Å². The lowest BCUT2D eigenvalue weighted by Gasteiger charge is -2.16. The predicted molar refractivity (Wildman–Crippen MR) is 102 cm³/mol. The van der Waals surface area contributed by atoms with Crippen molar-refractivity contribution in [2.45, 2.75) is 0 Å². The molecule has 0 saturated carbocycles. The average Bonchev–Trinajstić information content (AvgIpc) is 2.79. The van der Waals surface area contributed by atoms with Gasteiger partial charge in [0.15, 0.2) is 4.32 Å². The van der Waals surface area contributed by atoms with Crippen molar-refractivity contribution in [3.05, 3.63) is 69.0 Å². The highest BCUT2D eigenvalue weighted by Crippen LogP contribution is 2.34. The number of rotatable bonds is 3. The van der Waals surface area contributed by atoms with E-state index in [2.05, 4.69) is 5.43 Å². The largest absolute Gasteiger partial charge is 0.290 e. The third kappa shape index (κ3) is 3.70. The first-order valence-electron chi connectivity index (χ1n) is 6.59. The summed E-state index contributed by atoms with van der Waals surface area (Å²) >= 11 is 18.5. The van der Waals surface area contributed by atoms with Crippen molar-refractivity contribution >= 4 is 69.2 Å². The Balaban J connectivity index is 1.84. The summed E-state index contributed by atoms with van der Waals surface area (Å²) in [5, 5.41) is 2.38. The van der Waals surface area contributed by atoms with Crippen LogP contribution in [0.25, 0.3) is 6.08 Å². The van der Waals surface area contributed by atoms with Crippen LogP contribution in [-0.4, -0.2) is 15.2 Å². The molecular weight excluding hydrogens is 371 g/mol. The minimum absolute atomic E-state index is 0.213. The van der Waals surface area contributed by atoms with E-state index in [9.17, 15) is 4.79 Å². The highest BCUT2D eigenvalue weighted by atomic mass is 35.5. The number of hydrazine groups is 1. The average molecular weight is 381 g/mol. The Hall–Kier alpha value is -1.53. The Morgan fingerprint density at radius 1 is 1.13 bits per heavy atom. The van der Waals surface area contributed by atoms with E-state index in [1.807, 2.05) is 30.3 Å². The molecular formula is C16H10Cl2N2OS2. The lowest BCUT2D eigenvalue weighted by atomic mass is 10.2. The van der Waals surface area contributed by atoms with Gasteiger partial charge in [-0.3, -0.25) is 10.2 Å². The van der Waals surface area contributed by atoms with Crippen LogP contribution < -0.4 is 5.43 Å². The number of anilines is 1. The third-order valence-electron chi connectivity index (χ3n) is 3.06. The molecule has 0 atom stereocenters. The Morgan fingerprint density at radius 3 is 2.57 bits per heavy atom. The first-order valence-corrected chi connectivity index (χ1v) is 8.57. The molecule has 0 radical (unpaired) electrons. The molecule has 1 N–H and O–H groups in total. The lowest BCUT2D eigenvalue weighted by molar-refractivity contribution is -0.121. The van der Waals surface area contributed by atoms with Gasteiger partial charge < -0.3 is 0 Å². The number of para-hydroxylation sites is 1. The summed E-state index contributed by atoms with van der Waals surface area (Å²) < 4.78 is 0.440. The number of hydrogen-bond acceptors (Lipinski definition) is 4. The van der Waals surface area contributed by atoms with Gasteiger partial charge in [0.2, 0.25) is 0 Å². The highest BCUT2D eigenvalue weighted by molar-refractivity contribution is 8.26. The van der Waals surface area contributed by atoms with Crippen molar-refractivity contribution in [2.24, 2.45) is 0 Å². The SMILES string of the molecule is O=C1/C(=C/c2ccc(Cl)cc2Cl)SC(=S)N1Nc1ccccc1. The highest BCUT2D eigenvalue weighted by Gasteiger charge is 2.32. The van der Waals surface area contributed by atoms with Crippen molar-refractivity contribution in [3.63, 3.8) is 0 Å². The zero-order valence-electron chi connectivity index (χ0n) is 11.6. The van der Waals surface area contributed by atoms with Crippen LogP contribution in [0.2, 0.25) is 10.0 Å². The van der Waals surface area contributed by atoms with E-state index < -0.39 is 0 Å². The minimum atomic E-state index is -0.213. The molecule has 7 heteroatoms. The van der Waals surface area contributed by atoms with E-state index in [-0.39, 0.29) is 5.91 Å². The molecule has 2 aromatic carbocycles. The van der Waals surface area contributed by atoms with Gasteiger partial charge in [-0.25, -0.2) is 5.01 Å². The van der Waals surface area contributed by atoms with Crippen LogP contribution in [-0.2, 0) is 4.79 Å². The van der Waals surface area contributed by atoms with Gasteiger partial charge >= 0.3 is 0 Å². The van der Waals surface area contributed by atoms with E-state index in [1.54, 1.807) is 24.3 Å². The molecule has 1 heterocycles. The van der Waals surface area contributed by atoms with Crippen LogP contribution in [0.3, 0.4) is 0 Å². The van der Waals surface area contributed by atoms with Crippen LogP contribution in [0.1, 0.15) is 5.56 Å². The molecule has 2 aromatic rings. The number of benzene rings is 2. The lowest BCUT2D eigenvalue weighted by Crippen LogP contribution is -2.33. The van der Waals surface area contributed by atoms with Crippen molar-refractivity contribution in [2.75, 3.05) is 5.43 Å². The molecule has 3 nitrogen and oxygen atoms in total. The summed E-state index contributed by atoms with van der Waals surface area (Å²) in [7, 11) is 0. The number of hydrogen-bond donors (Lipinski definition) is 1. The van der Waals surface area contributed by atoms with Crippen LogP contribution in [0.15, 0.2) is 53.4 Å². The molecule has 116 valence electrons. The molecule has 0 aliphatic carbocycles. The molecule has 0 unspecified atom stereocenters. The predicted octanol–water partition coefficient (Wildman–Crippen LogP) is 5.22. The first kappa shape index (κ1) is 16.3. The second-order valence-corrected chi connectivity index (χ2v) is 7.18. The quantitative estimate of drug-likeness (QED) is 0.584. The van der Waals surface area contributed by atoms with Crippen LogP contribution >= 0.6 is 47.2 Å². The molecule has 0 aromatic heterocycles. The number of thioether (sulfide) groups is 1. The molecule has 1 aliphatic heterocycles. The van der Waals surface area contributed by atoms with Gasteiger partial charge in [-0.05, 0) is 48.1 Å². The molecule has 0 bridgehead atoms.